The number of rotatable bonds is 9. The minimum Gasteiger partial charge on any atom is -0.493 e. The van der Waals surface area contributed by atoms with Crippen molar-refractivity contribution in [2.24, 2.45) is 5.92 Å². The summed E-state index contributed by atoms with van der Waals surface area (Å²) >= 11 is 0. The van der Waals surface area contributed by atoms with Crippen LogP contribution in [0.25, 0.3) is 0 Å². The lowest BCUT2D eigenvalue weighted by Gasteiger charge is -2.39. The van der Waals surface area contributed by atoms with Crippen LogP contribution in [-0.2, 0) is 17.8 Å². The summed E-state index contributed by atoms with van der Waals surface area (Å²) in [6.45, 7) is 4.98. The Hall–Kier alpha value is -3.06. The molecule has 2 heterocycles. The zero-order valence-electron chi connectivity index (χ0n) is 20.4. The first-order chi connectivity index (χ1) is 16.5. The molecule has 0 aromatic heterocycles. The molecule has 0 unspecified atom stereocenters. The molecule has 2 aromatic carbocycles. The number of imide groups is 1. The number of para-hydroxylation sites is 1. The highest BCUT2D eigenvalue weighted by Crippen LogP contribution is 2.36. The van der Waals surface area contributed by atoms with Crippen molar-refractivity contribution in [3.05, 3.63) is 59.7 Å². The Morgan fingerprint density at radius 3 is 2.41 bits per heavy atom. The van der Waals surface area contributed by atoms with Gasteiger partial charge in [-0.1, -0.05) is 42.5 Å². The zero-order valence-corrected chi connectivity index (χ0v) is 20.4. The highest BCUT2D eigenvalue weighted by Gasteiger charge is 2.52. The number of hydrogen-bond acceptors (Lipinski definition) is 5. The number of likely N-dealkylation sites (tertiary alicyclic amines) is 1. The maximum Gasteiger partial charge on any atom is 0.325 e. The third-order valence-electron chi connectivity index (χ3n) is 7.30. The van der Waals surface area contributed by atoms with E-state index in [0.29, 0.717) is 11.5 Å². The van der Waals surface area contributed by atoms with Crippen LogP contribution in [0.1, 0.15) is 37.3 Å². The van der Waals surface area contributed by atoms with E-state index in [1.807, 2.05) is 25.1 Å². The van der Waals surface area contributed by atoms with E-state index in [-0.39, 0.29) is 24.4 Å². The van der Waals surface area contributed by atoms with Crippen molar-refractivity contribution in [2.75, 3.05) is 33.9 Å². The number of benzene rings is 2. The molecular weight excluding hydrogens is 430 g/mol. The highest BCUT2D eigenvalue weighted by atomic mass is 16.5. The lowest BCUT2D eigenvalue weighted by Crippen LogP contribution is -2.54. The van der Waals surface area contributed by atoms with Crippen molar-refractivity contribution >= 4 is 11.9 Å². The van der Waals surface area contributed by atoms with Crippen LogP contribution in [0.15, 0.2) is 48.5 Å². The van der Waals surface area contributed by atoms with Crippen molar-refractivity contribution in [3.8, 4) is 11.5 Å². The first-order valence-corrected chi connectivity index (χ1v) is 12.1. The van der Waals surface area contributed by atoms with Gasteiger partial charge in [-0.25, -0.2) is 4.79 Å². The number of carbonyl (C=O) groups is 2. The number of amides is 3. The Bertz CT molecular complexity index is 1000. The summed E-state index contributed by atoms with van der Waals surface area (Å²) in [6, 6.07) is 15.7. The van der Waals surface area contributed by atoms with Crippen molar-refractivity contribution < 1.29 is 19.1 Å². The number of nitrogens with zero attached hydrogens (tertiary/aromatic N) is 2. The van der Waals surface area contributed by atoms with Gasteiger partial charge in [-0.2, -0.15) is 0 Å². The molecule has 2 saturated heterocycles. The van der Waals surface area contributed by atoms with Crippen LogP contribution in [0.3, 0.4) is 0 Å². The summed E-state index contributed by atoms with van der Waals surface area (Å²) < 4.78 is 10.8. The second-order valence-corrected chi connectivity index (χ2v) is 9.38. The Labute approximate surface area is 202 Å². The SMILES string of the molecule is COc1cccc(CN2C(=O)N[C@@](C)(C3CCN(CCCc4ccccc4)CC3)C2=O)c1OC. The van der Waals surface area contributed by atoms with Crippen LogP contribution >= 0.6 is 0 Å². The van der Waals surface area contributed by atoms with Crippen LogP contribution in [0.5, 0.6) is 11.5 Å². The number of urea groups is 1. The highest BCUT2D eigenvalue weighted by molar-refractivity contribution is 6.07. The van der Waals surface area contributed by atoms with E-state index in [1.54, 1.807) is 20.3 Å². The first kappa shape index (κ1) is 24.1. The maximum absolute atomic E-state index is 13.5. The molecule has 3 amide bonds. The number of nitrogens with one attached hydrogen (secondary N) is 1. The molecule has 0 radical (unpaired) electrons. The van der Waals surface area contributed by atoms with Gasteiger partial charge in [0.05, 0.1) is 20.8 Å². The van der Waals surface area contributed by atoms with Crippen molar-refractivity contribution in [3.63, 3.8) is 0 Å². The average molecular weight is 466 g/mol. The second-order valence-electron chi connectivity index (χ2n) is 9.38. The monoisotopic (exact) mass is 465 g/mol. The fourth-order valence-electron chi connectivity index (χ4n) is 5.27. The standard InChI is InChI=1S/C27H35N3O4/c1-27(22-14-17-29(18-15-22)16-8-11-20-9-5-4-6-10-20)25(31)30(26(32)28-27)19-21-12-7-13-23(33-2)24(21)34-3/h4-7,9-10,12-13,22H,8,11,14-19H2,1-3H3,(H,28,32)/t27-/m0/s1. The average Bonchev–Trinajstić information content (AvgIpc) is 3.08. The van der Waals surface area contributed by atoms with Gasteiger partial charge in [0.1, 0.15) is 5.54 Å². The summed E-state index contributed by atoms with van der Waals surface area (Å²) in [5.41, 5.74) is 1.24. The quantitative estimate of drug-likeness (QED) is 0.570. The number of methoxy groups -OCH3 is 2. The fraction of sp³-hybridized carbons (Fsp3) is 0.481. The normalized spacial score (nSPS) is 21.6. The van der Waals surface area contributed by atoms with Gasteiger partial charge in [-0.3, -0.25) is 9.69 Å². The molecule has 1 N–H and O–H groups in total. The minimum absolute atomic E-state index is 0.117. The molecule has 2 fully saturated rings. The Morgan fingerprint density at radius 1 is 1.00 bits per heavy atom. The van der Waals surface area contributed by atoms with Crippen LogP contribution in [-0.4, -0.2) is 61.1 Å². The second kappa shape index (κ2) is 10.5. The molecule has 0 bridgehead atoms. The van der Waals surface area contributed by atoms with Gasteiger partial charge in [-0.05, 0) is 69.8 Å². The number of carbonyl (C=O) groups excluding carboxylic acids is 2. The molecule has 2 aliphatic rings. The molecule has 7 nitrogen and oxygen atoms in total. The Balaban J connectivity index is 1.34. The number of hydrogen-bond donors (Lipinski definition) is 1. The third kappa shape index (κ3) is 4.89. The van der Waals surface area contributed by atoms with Gasteiger partial charge in [0.25, 0.3) is 5.91 Å². The number of aryl methyl sites for hydroxylation is 1. The predicted molar refractivity (Wildman–Crippen MR) is 131 cm³/mol. The molecule has 0 aliphatic carbocycles. The summed E-state index contributed by atoms with van der Waals surface area (Å²) in [4.78, 5) is 30.1. The molecule has 34 heavy (non-hydrogen) atoms. The van der Waals surface area contributed by atoms with Gasteiger partial charge in [-0.15, -0.1) is 0 Å². The lowest BCUT2D eigenvalue weighted by molar-refractivity contribution is -0.133. The summed E-state index contributed by atoms with van der Waals surface area (Å²) in [5.74, 6) is 1.08. The van der Waals surface area contributed by atoms with Crippen molar-refractivity contribution in [1.29, 1.82) is 0 Å². The molecule has 0 saturated carbocycles. The van der Waals surface area contributed by atoms with Crippen LogP contribution < -0.4 is 14.8 Å². The van der Waals surface area contributed by atoms with Gasteiger partial charge >= 0.3 is 6.03 Å². The topological polar surface area (TPSA) is 71.1 Å². The van der Waals surface area contributed by atoms with E-state index in [2.05, 4.69) is 34.5 Å². The van der Waals surface area contributed by atoms with Crippen molar-refractivity contribution in [1.82, 2.24) is 15.1 Å². The third-order valence-corrected chi connectivity index (χ3v) is 7.30. The predicted octanol–water partition coefficient (Wildman–Crippen LogP) is 3.86. The van der Waals surface area contributed by atoms with E-state index >= 15 is 0 Å². The van der Waals surface area contributed by atoms with Gasteiger partial charge < -0.3 is 19.7 Å². The summed E-state index contributed by atoms with van der Waals surface area (Å²) in [5, 5.41) is 3.01. The largest absolute Gasteiger partial charge is 0.493 e. The molecule has 0 spiro atoms. The van der Waals surface area contributed by atoms with Gasteiger partial charge in [0.15, 0.2) is 11.5 Å². The van der Waals surface area contributed by atoms with Crippen molar-refractivity contribution in [2.45, 2.75) is 44.7 Å². The molecular formula is C27H35N3O4. The number of piperidine rings is 1. The zero-order chi connectivity index (χ0) is 24.1. The van der Waals surface area contributed by atoms with E-state index < -0.39 is 5.54 Å². The number of ether oxygens (including phenoxy) is 2. The molecule has 2 aliphatic heterocycles. The molecule has 2 aromatic rings. The maximum atomic E-state index is 13.5. The Kier molecular flexibility index (Phi) is 7.41. The molecule has 4 rings (SSSR count). The molecule has 182 valence electrons. The molecule has 7 heteroatoms. The van der Waals surface area contributed by atoms with Crippen LogP contribution in [0, 0.1) is 5.92 Å². The van der Waals surface area contributed by atoms with Gasteiger partial charge in [0, 0.05) is 5.56 Å². The first-order valence-electron chi connectivity index (χ1n) is 12.1. The van der Waals surface area contributed by atoms with E-state index in [1.165, 1.54) is 10.5 Å². The van der Waals surface area contributed by atoms with Crippen LogP contribution in [0.4, 0.5) is 4.79 Å². The minimum atomic E-state index is -0.876. The fourth-order valence-corrected chi connectivity index (χ4v) is 5.27. The van der Waals surface area contributed by atoms with E-state index in [4.69, 9.17) is 9.47 Å². The molecule has 1 atom stereocenters. The van der Waals surface area contributed by atoms with Gasteiger partial charge in [0.2, 0.25) is 0 Å². The smallest absolute Gasteiger partial charge is 0.325 e. The van der Waals surface area contributed by atoms with Crippen LogP contribution in [0.2, 0.25) is 0 Å². The lowest BCUT2D eigenvalue weighted by atomic mass is 9.79. The summed E-state index contributed by atoms with van der Waals surface area (Å²) in [7, 11) is 3.13. The Morgan fingerprint density at radius 2 is 1.74 bits per heavy atom. The van der Waals surface area contributed by atoms with E-state index in [0.717, 1.165) is 50.9 Å². The van der Waals surface area contributed by atoms with E-state index in [9.17, 15) is 9.59 Å². The summed E-state index contributed by atoms with van der Waals surface area (Å²) in [6.07, 6.45) is 3.99.